The molecule has 0 aromatic carbocycles. The molecule has 1 aliphatic rings. The minimum atomic E-state index is 0.716. The van der Waals surface area contributed by atoms with E-state index in [1.807, 2.05) is 11.7 Å². The predicted octanol–water partition coefficient (Wildman–Crippen LogP) is 2.79. The first kappa shape index (κ1) is 12.6. The van der Waals surface area contributed by atoms with E-state index in [-0.39, 0.29) is 0 Å². The van der Waals surface area contributed by atoms with E-state index in [2.05, 4.69) is 30.3 Å². The zero-order chi connectivity index (χ0) is 12.3. The van der Waals surface area contributed by atoms with Crippen LogP contribution in [0.2, 0.25) is 0 Å². The Morgan fingerprint density at radius 1 is 1.35 bits per heavy atom. The molecule has 1 N–H and O–H groups in total. The molecule has 3 nitrogen and oxygen atoms in total. The third kappa shape index (κ3) is 3.32. The van der Waals surface area contributed by atoms with Gasteiger partial charge in [0, 0.05) is 19.6 Å². The van der Waals surface area contributed by atoms with Gasteiger partial charge in [-0.25, -0.2) is 0 Å². The first-order valence-electron chi connectivity index (χ1n) is 6.92. The molecule has 3 heteroatoms. The fourth-order valence-electron chi connectivity index (χ4n) is 2.85. The van der Waals surface area contributed by atoms with Gasteiger partial charge in [0.05, 0.1) is 11.4 Å². The first-order valence-corrected chi connectivity index (χ1v) is 6.92. The SMILES string of the molecule is CCC1CCC(NCc2cc(C)nn2C)CC1. The summed E-state index contributed by atoms with van der Waals surface area (Å²) in [4.78, 5) is 0. The average Bonchev–Trinajstić information content (AvgIpc) is 2.66. The number of aryl methyl sites for hydroxylation is 2. The molecule has 0 bridgehead atoms. The van der Waals surface area contributed by atoms with E-state index < -0.39 is 0 Å². The summed E-state index contributed by atoms with van der Waals surface area (Å²) in [6.45, 7) is 5.32. The summed E-state index contributed by atoms with van der Waals surface area (Å²) in [5, 5.41) is 8.05. The molecule has 0 radical (unpaired) electrons. The Bertz CT molecular complexity index is 348. The van der Waals surface area contributed by atoms with Crippen LogP contribution < -0.4 is 5.32 Å². The van der Waals surface area contributed by atoms with Crippen LogP contribution in [0.15, 0.2) is 6.07 Å². The Balaban J connectivity index is 1.77. The average molecular weight is 235 g/mol. The van der Waals surface area contributed by atoms with Crippen LogP contribution in [0, 0.1) is 12.8 Å². The van der Waals surface area contributed by atoms with Crippen LogP contribution >= 0.6 is 0 Å². The van der Waals surface area contributed by atoms with Gasteiger partial charge in [-0.2, -0.15) is 5.10 Å². The summed E-state index contributed by atoms with van der Waals surface area (Å²) in [6.07, 6.45) is 6.84. The fraction of sp³-hybridized carbons (Fsp3) is 0.786. The largest absolute Gasteiger partial charge is 0.308 e. The molecule has 96 valence electrons. The minimum Gasteiger partial charge on any atom is -0.308 e. The summed E-state index contributed by atoms with van der Waals surface area (Å²) < 4.78 is 1.99. The molecule has 1 aromatic heterocycles. The smallest absolute Gasteiger partial charge is 0.0597 e. The van der Waals surface area contributed by atoms with Gasteiger partial charge in [0.2, 0.25) is 0 Å². The van der Waals surface area contributed by atoms with E-state index in [4.69, 9.17) is 0 Å². The van der Waals surface area contributed by atoms with Crippen molar-refractivity contribution < 1.29 is 0 Å². The summed E-state index contributed by atoms with van der Waals surface area (Å²) in [5.74, 6) is 0.979. The van der Waals surface area contributed by atoms with E-state index in [0.717, 1.165) is 18.2 Å². The summed E-state index contributed by atoms with van der Waals surface area (Å²) in [6, 6.07) is 2.89. The van der Waals surface area contributed by atoms with Crippen LogP contribution in [0.1, 0.15) is 50.4 Å². The standard InChI is InChI=1S/C14H25N3/c1-4-12-5-7-13(8-6-12)15-10-14-9-11(2)16-17(14)3/h9,12-13,15H,4-8,10H2,1-3H3. The van der Waals surface area contributed by atoms with Gasteiger partial charge >= 0.3 is 0 Å². The molecule has 1 aromatic rings. The van der Waals surface area contributed by atoms with E-state index >= 15 is 0 Å². The molecule has 0 saturated heterocycles. The Hall–Kier alpha value is -0.830. The maximum atomic E-state index is 4.38. The fourth-order valence-corrected chi connectivity index (χ4v) is 2.85. The first-order chi connectivity index (χ1) is 8.19. The van der Waals surface area contributed by atoms with Crippen LogP contribution in [0.5, 0.6) is 0 Å². The lowest BCUT2D eigenvalue weighted by Gasteiger charge is -2.28. The highest BCUT2D eigenvalue weighted by Gasteiger charge is 2.19. The number of nitrogens with zero attached hydrogens (tertiary/aromatic N) is 2. The van der Waals surface area contributed by atoms with Crippen LogP contribution in [0.3, 0.4) is 0 Å². The Morgan fingerprint density at radius 2 is 2.06 bits per heavy atom. The molecule has 17 heavy (non-hydrogen) atoms. The monoisotopic (exact) mass is 235 g/mol. The Morgan fingerprint density at radius 3 is 2.59 bits per heavy atom. The summed E-state index contributed by atoms with van der Waals surface area (Å²) in [7, 11) is 2.03. The topological polar surface area (TPSA) is 29.9 Å². The zero-order valence-corrected chi connectivity index (χ0v) is 11.4. The second-order valence-corrected chi connectivity index (χ2v) is 5.41. The van der Waals surface area contributed by atoms with Gasteiger partial charge in [0.25, 0.3) is 0 Å². The van der Waals surface area contributed by atoms with Crippen LogP contribution in [0.4, 0.5) is 0 Å². The van der Waals surface area contributed by atoms with Gasteiger partial charge in [0.1, 0.15) is 0 Å². The molecule has 1 aliphatic carbocycles. The molecular weight excluding hydrogens is 210 g/mol. The quantitative estimate of drug-likeness (QED) is 0.869. The van der Waals surface area contributed by atoms with Crippen LogP contribution in [-0.4, -0.2) is 15.8 Å². The van der Waals surface area contributed by atoms with Crippen molar-refractivity contribution in [3.05, 3.63) is 17.5 Å². The Kier molecular flexibility index (Phi) is 4.21. The van der Waals surface area contributed by atoms with E-state index in [0.29, 0.717) is 6.04 Å². The third-order valence-corrected chi connectivity index (χ3v) is 4.09. The van der Waals surface area contributed by atoms with Gasteiger partial charge in [-0.3, -0.25) is 4.68 Å². The maximum absolute atomic E-state index is 4.38. The maximum Gasteiger partial charge on any atom is 0.0597 e. The van der Waals surface area contributed by atoms with Gasteiger partial charge in [-0.1, -0.05) is 13.3 Å². The van der Waals surface area contributed by atoms with Gasteiger partial charge in [-0.15, -0.1) is 0 Å². The molecular formula is C14H25N3. The van der Waals surface area contributed by atoms with Crippen molar-refractivity contribution in [3.63, 3.8) is 0 Å². The highest BCUT2D eigenvalue weighted by molar-refractivity contribution is 5.08. The highest BCUT2D eigenvalue weighted by Crippen LogP contribution is 2.26. The zero-order valence-electron chi connectivity index (χ0n) is 11.4. The van der Waals surface area contributed by atoms with Crippen molar-refractivity contribution in [2.24, 2.45) is 13.0 Å². The second kappa shape index (κ2) is 5.67. The molecule has 1 saturated carbocycles. The lowest BCUT2D eigenvalue weighted by molar-refractivity contribution is 0.284. The van der Waals surface area contributed by atoms with Crippen molar-refractivity contribution >= 4 is 0 Å². The molecule has 0 unspecified atom stereocenters. The minimum absolute atomic E-state index is 0.716. The molecule has 0 aliphatic heterocycles. The molecule has 2 rings (SSSR count). The normalized spacial score (nSPS) is 25.1. The van der Waals surface area contributed by atoms with E-state index in [1.54, 1.807) is 0 Å². The predicted molar refractivity (Wildman–Crippen MR) is 70.8 cm³/mol. The van der Waals surface area contributed by atoms with Gasteiger partial charge in [0.15, 0.2) is 0 Å². The number of aromatic nitrogens is 2. The molecule has 0 spiro atoms. The number of hydrogen-bond acceptors (Lipinski definition) is 2. The van der Waals surface area contributed by atoms with Crippen LogP contribution in [-0.2, 0) is 13.6 Å². The summed E-state index contributed by atoms with van der Waals surface area (Å²) >= 11 is 0. The third-order valence-electron chi connectivity index (χ3n) is 4.09. The molecule has 0 amide bonds. The summed E-state index contributed by atoms with van der Waals surface area (Å²) in [5.41, 5.74) is 2.40. The molecule has 1 fully saturated rings. The number of nitrogens with one attached hydrogen (secondary N) is 1. The molecule has 0 atom stereocenters. The van der Waals surface area contributed by atoms with Crippen molar-refractivity contribution in [1.29, 1.82) is 0 Å². The number of hydrogen-bond donors (Lipinski definition) is 1. The lowest BCUT2D eigenvalue weighted by Crippen LogP contribution is -2.33. The van der Waals surface area contributed by atoms with E-state index in [9.17, 15) is 0 Å². The van der Waals surface area contributed by atoms with E-state index in [1.165, 1.54) is 37.8 Å². The number of rotatable bonds is 4. The second-order valence-electron chi connectivity index (χ2n) is 5.41. The Labute approximate surface area is 105 Å². The van der Waals surface area contributed by atoms with Gasteiger partial charge < -0.3 is 5.32 Å². The lowest BCUT2D eigenvalue weighted by atomic mass is 9.84. The molecule has 1 heterocycles. The van der Waals surface area contributed by atoms with Crippen LogP contribution in [0.25, 0.3) is 0 Å². The van der Waals surface area contributed by atoms with Crippen molar-refractivity contribution in [1.82, 2.24) is 15.1 Å². The van der Waals surface area contributed by atoms with Crippen molar-refractivity contribution in [2.45, 2.75) is 58.5 Å². The van der Waals surface area contributed by atoms with Crippen molar-refractivity contribution in [2.75, 3.05) is 0 Å². The van der Waals surface area contributed by atoms with Crippen molar-refractivity contribution in [3.8, 4) is 0 Å². The highest BCUT2D eigenvalue weighted by atomic mass is 15.3. The van der Waals surface area contributed by atoms with Gasteiger partial charge in [-0.05, 0) is 44.6 Å².